The summed E-state index contributed by atoms with van der Waals surface area (Å²) >= 11 is 1.42. The molecule has 4 nitrogen and oxygen atoms in total. The summed E-state index contributed by atoms with van der Waals surface area (Å²) in [5.74, 6) is 0. The Morgan fingerprint density at radius 2 is 2.00 bits per heavy atom. The van der Waals surface area contributed by atoms with Gasteiger partial charge in [0.2, 0.25) is 0 Å². The highest BCUT2D eigenvalue weighted by Crippen LogP contribution is 2.19. The lowest BCUT2D eigenvalue weighted by Gasteiger charge is -2.15. The van der Waals surface area contributed by atoms with E-state index in [1.807, 2.05) is 6.07 Å². The van der Waals surface area contributed by atoms with E-state index in [1.54, 1.807) is 0 Å². The molecule has 1 heterocycles. The zero-order valence-corrected chi connectivity index (χ0v) is 11.6. The molecule has 0 radical (unpaired) electrons. The molecule has 0 spiro atoms. The lowest BCUT2D eigenvalue weighted by Crippen LogP contribution is -2.18. The minimum Gasteiger partial charge on any atom is -0.374 e. The molecule has 0 bridgehead atoms. The maximum Gasteiger partial charge on any atom is 0.134 e. The maximum atomic E-state index is 4.18. The molecule has 0 unspecified atom stereocenters. The number of hydrogen-bond donors (Lipinski definition) is 1. The molecule has 0 saturated carbocycles. The number of anilines is 1. The number of nitrogens with zero attached hydrogens (tertiary/aromatic N) is 3. The molecule has 0 aliphatic carbocycles. The van der Waals surface area contributed by atoms with Gasteiger partial charge >= 0.3 is 0 Å². The van der Waals surface area contributed by atoms with Gasteiger partial charge in [0, 0.05) is 31.2 Å². The fourth-order valence-electron chi connectivity index (χ4n) is 1.81. The molecular weight excluding hydrogens is 244 g/mol. The summed E-state index contributed by atoms with van der Waals surface area (Å²) in [5.41, 5.74) is 2.34. The molecule has 0 aliphatic heterocycles. The van der Waals surface area contributed by atoms with Crippen LogP contribution in [0.15, 0.2) is 30.3 Å². The molecule has 0 saturated heterocycles. The van der Waals surface area contributed by atoms with E-state index >= 15 is 0 Å². The van der Waals surface area contributed by atoms with E-state index in [-0.39, 0.29) is 0 Å². The van der Waals surface area contributed by atoms with Crippen LogP contribution >= 0.6 is 11.5 Å². The molecule has 96 valence electrons. The van der Waals surface area contributed by atoms with Crippen LogP contribution in [0.5, 0.6) is 0 Å². The van der Waals surface area contributed by atoms with E-state index in [0.29, 0.717) is 0 Å². The Kier molecular flexibility index (Phi) is 4.66. The van der Waals surface area contributed by atoms with Crippen LogP contribution in [0.25, 0.3) is 0 Å². The van der Waals surface area contributed by atoms with Gasteiger partial charge in [-0.15, -0.1) is 5.10 Å². The van der Waals surface area contributed by atoms with Crippen LogP contribution in [0.2, 0.25) is 0 Å². The predicted octanol–water partition coefficient (Wildman–Crippen LogP) is 2.60. The molecule has 0 fully saturated rings. The second-order valence-corrected chi connectivity index (χ2v) is 4.99. The SMILES string of the molecule is CCNc1snnc1CN(C)Cc1ccccc1. The average molecular weight is 262 g/mol. The first-order valence-corrected chi connectivity index (χ1v) is 6.84. The third-order valence-electron chi connectivity index (χ3n) is 2.61. The number of aromatic nitrogens is 2. The van der Waals surface area contributed by atoms with Crippen LogP contribution in [0.1, 0.15) is 18.2 Å². The number of nitrogens with one attached hydrogen (secondary N) is 1. The Morgan fingerprint density at radius 3 is 2.72 bits per heavy atom. The van der Waals surface area contributed by atoms with Crippen molar-refractivity contribution in [1.29, 1.82) is 0 Å². The topological polar surface area (TPSA) is 41.1 Å². The predicted molar refractivity (Wildman–Crippen MR) is 75.7 cm³/mol. The van der Waals surface area contributed by atoms with Crippen molar-refractivity contribution in [1.82, 2.24) is 14.5 Å². The van der Waals surface area contributed by atoms with Crippen LogP contribution in [0, 0.1) is 0 Å². The quantitative estimate of drug-likeness (QED) is 0.869. The van der Waals surface area contributed by atoms with Gasteiger partial charge in [-0.25, -0.2) is 0 Å². The third kappa shape index (κ3) is 3.51. The van der Waals surface area contributed by atoms with Crippen LogP contribution in [0.4, 0.5) is 5.00 Å². The fraction of sp³-hybridized carbons (Fsp3) is 0.385. The second-order valence-electron chi connectivity index (χ2n) is 4.24. The van der Waals surface area contributed by atoms with Gasteiger partial charge in [0.05, 0.1) is 0 Å². The van der Waals surface area contributed by atoms with E-state index in [2.05, 4.69) is 58.0 Å². The molecule has 1 aromatic carbocycles. The minimum atomic E-state index is 0.813. The van der Waals surface area contributed by atoms with E-state index in [4.69, 9.17) is 0 Å². The van der Waals surface area contributed by atoms with Gasteiger partial charge in [-0.1, -0.05) is 34.8 Å². The van der Waals surface area contributed by atoms with Gasteiger partial charge in [0.1, 0.15) is 10.7 Å². The smallest absolute Gasteiger partial charge is 0.134 e. The standard InChI is InChI=1S/C13H18N4S/c1-3-14-13-12(15-16-18-13)10-17(2)9-11-7-5-4-6-8-11/h4-8,14H,3,9-10H2,1-2H3. The summed E-state index contributed by atoms with van der Waals surface area (Å²) in [7, 11) is 2.10. The maximum absolute atomic E-state index is 4.18. The van der Waals surface area contributed by atoms with Gasteiger partial charge < -0.3 is 5.32 Å². The van der Waals surface area contributed by atoms with E-state index in [1.165, 1.54) is 17.1 Å². The molecule has 0 aliphatic rings. The minimum absolute atomic E-state index is 0.813. The highest BCUT2D eigenvalue weighted by atomic mass is 32.1. The van der Waals surface area contributed by atoms with Gasteiger partial charge in [0.15, 0.2) is 0 Å². The van der Waals surface area contributed by atoms with Crippen molar-refractivity contribution in [3.05, 3.63) is 41.6 Å². The highest BCUT2D eigenvalue weighted by molar-refractivity contribution is 7.10. The van der Waals surface area contributed by atoms with Crippen molar-refractivity contribution in [2.75, 3.05) is 18.9 Å². The number of hydrogen-bond acceptors (Lipinski definition) is 5. The molecular formula is C13H18N4S. The summed E-state index contributed by atoms with van der Waals surface area (Å²) in [4.78, 5) is 2.24. The van der Waals surface area contributed by atoms with Crippen LogP contribution in [-0.4, -0.2) is 28.1 Å². The fourth-order valence-corrected chi connectivity index (χ4v) is 2.45. The summed E-state index contributed by atoms with van der Waals surface area (Å²) in [5, 5.41) is 8.55. The lowest BCUT2D eigenvalue weighted by molar-refractivity contribution is 0.315. The number of rotatable bonds is 6. The number of benzene rings is 1. The van der Waals surface area contributed by atoms with Crippen molar-refractivity contribution in [2.45, 2.75) is 20.0 Å². The second kappa shape index (κ2) is 6.47. The summed E-state index contributed by atoms with van der Waals surface area (Å²) in [6, 6.07) is 10.5. The van der Waals surface area contributed by atoms with E-state index < -0.39 is 0 Å². The molecule has 0 amide bonds. The van der Waals surface area contributed by atoms with Gasteiger partial charge in [0.25, 0.3) is 0 Å². The summed E-state index contributed by atoms with van der Waals surface area (Å²) < 4.78 is 4.00. The Labute approximate surface area is 112 Å². The van der Waals surface area contributed by atoms with Crippen molar-refractivity contribution >= 4 is 16.5 Å². The normalized spacial score (nSPS) is 10.8. The van der Waals surface area contributed by atoms with E-state index in [9.17, 15) is 0 Å². The Hall–Kier alpha value is -1.46. The third-order valence-corrected chi connectivity index (χ3v) is 3.33. The Bertz CT molecular complexity index is 469. The first-order chi connectivity index (χ1) is 8.79. The van der Waals surface area contributed by atoms with Crippen molar-refractivity contribution in [3.63, 3.8) is 0 Å². The monoisotopic (exact) mass is 262 g/mol. The van der Waals surface area contributed by atoms with Gasteiger partial charge in [-0.3, -0.25) is 4.90 Å². The van der Waals surface area contributed by atoms with Crippen LogP contribution < -0.4 is 5.32 Å². The largest absolute Gasteiger partial charge is 0.374 e. The first-order valence-electron chi connectivity index (χ1n) is 6.07. The molecule has 1 N–H and O–H groups in total. The van der Waals surface area contributed by atoms with Gasteiger partial charge in [-0.05, 0) is 19.5 Å². The van der Waals surface area contributed by atoms with Crippen molar-refractivity contribution in [2.24, 2.45) is 0 Å². The van der Waals surface area contributed by atoms with Crippen LogP contribution in [-0.2, 0) is 13.1 Å². The molecule has 2 aromatic rings. The summed E-state index contributed by atoms with van der Waals surface area (Å²) in [6.07, 6.45) is 0. The zero-order valence-electron chi connectivity index (χ0n) is 10.8. The summed E-state index contributed by atoms with van der Waals surface area (Å²) in [6.45, 7) is 4.72. The van der Waals surface area contributed by atoms with Gasteiger partial charge in [-0.2, -0.15) is 0 Å². The Balaban J connectivity index is 1.94. The zero-order chi connectivity index (χ0) is 12.8. The molecule has 18 heavy (non-hydrogen) atoms. The van der Waals surface area contributed by atoms with E-state index in [0.717, 1.165) is 30.3 Å². The molecule has 5 heteroatoms. The van der Waals surface area contributed by atoms with Crippen LogP contribution in [0.3, 0.4) is 0 Å². The Morgan fingerprint density at radius 1 is 1.22 bits per heavy atom. The average Bonchev–Trinajstić information content (AvgIpc) is 2.78. The van der Waals surface area contributed by atoms with Crippen molar-refractivity contribution < 1.29 is 0 Å². The molecule has 2 rings (SSSR count). The lowest BCUT2D eigenvalue weighted by atomic mass is 10.2. The van der Waals surface area contributed by atoms with Crippen molar-refractivity contribution in [3.8, 4) is 0 Å². The highest BCUT2D eigenvalue weighted by Gasteiger charge is 2.09. The molecule has 0 atom stereocenters. The first kappa shape index (κ1) is 13.0. The molecule has 1 aromatic heterocycles.